The molecule has 0 atom stereocenters. The van der Waals surface area contributed by atoms with Crippen LogP contribution in [0.2, 0.25) is 5.02 Å². The fourth-order valence-electron chi connectivity index (χ4n) is 3.57. The van der Waals surface area contributed by atoms with Crippen molar-refractivity contribution in [3.05, 3.63) is 105 Å². The molecule has 0 aliphatic heterocycles. The maximum absolute atomic E-state index is 13.4. The fraction of sp³-hybridized carbons (Fsp3) is 0.0800. The van der Waals surface area contributed by atoms with Gasteiger partial charge in [-0.3, -0.25) is 9.59 Å². The van der Waals surface area contributed by atoms with Crippen LogP contribution in [0.3, 0.4) is 0 Å². The summed E-state index contributed by atoms with van der Waals surface area (Å²) in [6.07, 6.45) is 0. The van der Waals surface area contributed by atoms with Crippen LogP contribution in [-0.4, -0.2) is 24.0 Å². The minimum absolute atomic E-state index is 0.0298. The maximum Gasteiger partial charge on any atom is 0.354 e. The van der Waals surface area contributed by atoms with E-state index in [0.717, 1.165) is 5.56 Å². The van der Waals surface area contributed by atoms with Gasteiger partial charge in [-0.25, -0.2) is 4.79 Å². The molecule has 1 aromatic heterocycles. The van der Waals surface area contributed by atoms with Crippen LogP contribution in [-0.2, 0) is 11.3 Å². The van der Waals surface area contributed by atoms with Crippen LogP contribution in [0, 0.1) is 0 Å². The Balaban J connectivity index is 1.86. The van der Waals surface area contributed by atoms with Crippen LogP contribution in [0.25, 0.3) is 22.0 Å². The van der Waals surface area contributed by atoms with Gasteiger partial charge in [0, 0.05) is 23.1 Å². The lowest BCUT2D eigenvalue weighted by Gasteiger charge is -2.14. The number of hydrogen-bond donors (Lipinski definition) is 2. The summed E-state index contributed by atoms with van der Waals surface area (Å²) in [7, 11) is 1.23. The smallest absolute Gasteiger partial charge is 0.354 e. The number of H-pyrrole nitrogens is 1. The van der Waals surface area contributed by atoms with E-state index in [1.54, 1.807) is 42.5 Å². The number of aromatic nitrogens is 1. The molecule has 4 aromatic rings. The highest BCUT2D eigenvalue weighted by Gasteiger charge is 2.22. The van der Waals surface area contributed by atoms with Crippen molar-refractivity contribution in [1.82, 2.24) is 10.3 Å². The molecule has 0 spiro atoms. The lowest BCUT2D eigenvalue weighted by atomic mass is 9.99. The molecule has 0 aliphatic carbocycles. The SMILES string of the molecule is COC(=O)c1[nH]c2c(-c3ccccc3)c(Cl)ccc2c(=O)c1CNC(=O)c1ccccc1. The van der Waals surface area contributed by atoms with Crippen molar-refractivity contribution < 1.29 is 14.3 Å². The van der Waals surface area contributed by atoms with Crippen LogP contribution in [0.5, 0.6) is 0 Å². The number of carbonyl (C=O) groups is 2. The number of methoxy groups -OCH3 is 1. The second-order valence-electron chi connectivity index (χ2n) is 7.06. The van der Waals surface area contributed by atoms with E-state index < -0.39 is 5.97 Å². The van der Waals surface area contributed by atoms with E-state index >= 15 is 0 Å². The number of fused-ring (bicyclic) bond motifs is 1. The van der Waals surface area contributed by atoms with Crippen molar-refractivity contribution in [2.75, 3.05) is 7.11 Å². The average molecular weight is 447 g/mol. The lowest BCUT2D eigenvalue weighted by Crippen LogP contribution is -2.29. The largest absolute Gasteiger partial charge is 0.464 e. The first-order valence-electron chi connectivity index (χ1n) is 9.85. The number of amides is 1. The highest BCUT2D eigenvalue weighted by atomic mass is 35.5. The predicted molar refractivity (Wildman–Crippen MR) is 124 cm³/mol. The van der Waals surface area contributed by atoms with Crippen molar-refractivity contribution in [3.8, 4) is 11.1 Å². The fourth-order valence-corrected chi connectivity index (χ4v) is 3.83. The molecule has 160 valence electrons. The van der Waals surface area contributed by atoms with Gasteiger partial charge in [0.1, 0.15) is 5.69 Å². The number of esters is 1. The Morgan fingerprint density at radius 1 is 0.969 bits per heavy atom. The number of aromatic amines is 1. The first-order chi connectivity index (χ1) is 15.5. The number of hydrogen-bond acceptors (Lipinski definition) is 4. The van der Waals surface area contributed by atoms with Gasteiger partial charge in [0.2, 0.25) is 0 Å². The molecule has 0 bridgehead atoms. The van der Waals surface area contributed by atoms with E-state index in [1.807, 2.05) is 30.3 Å². The highest BCUT2D eigenvalue weighted by molar-refractivity contribution is 6.35. The second kappa shape index (κ2) is 9.08. The molecular weight excluding hydrogens is 428 g/mol. The summed E-state index contributed by atoms with van der Waals surface area (Å²) in [5.41, 5.74) is 1.95. The zero-order valence-electron chi connectivity index (χ0n) is 17.1. The lowest BCUT2D eigenvalue weighted by molar-refractivity contribution is 0.0592. The molecule has 1 heterocycles. The van der Waals surface area contributed by atoms with E-state index in [9.17, 15) is 14.4 Å². The number of ether oxygens (including phenoxy) is 1. The molecule has 3 aromatic carbocycles. The first kappa shape index (κ1) is 21.3. The van der Waals surface area contributed by atoms with Crippen LogP contribution in [0.4, 0.5) is 0 Å². The number of rotatable bonds is 5. The molecule has 6 nitrogen and oxygen atoms in total. The van der Waals surface area contributed by atoms with E-state index in [2.05, 4.69) is 10.3 Å². The molecule has 0 radical (unpaired) electrons. The van der Waals surface area contributed by atoms with Crippen LogP contribution in [0.1, 0.15) is 26.4 Å². The molecule has 1 amide bonds. The minimum Gasteiger partial charge on any atom is -0.464 e. The summed E-state index contributed by atoms with van der Waals surface area (Å²) in [6, 6.07) is 21.2. The summed E-state index contributed by atoms with van der Waals surface area (Å²) in [6.45, 7) is -0.146. The Bertz CT molecular complexity index is 1370. The Morgan fingerprint density at radius 3 is 2.28 bits per heavy atom. The third-order valence-electron chi connectivity index (χ3n) is 5.14. The third kappa shape index (κ3) is 4.00. The molecule has 0 aliphatic rings. The normalized spacial score (nSPS) is 10.7. The number of benzene rings is 3. The Labute approximate surface area is 188 Å². The van der Waals surface area contributed by atoms with E-state index in [-0.39, 0.29) is 29.1 Å². The van der Waals surface area contributed by atoms with E-state index in [1.165, 1.54) is 7.11 Å². The van der Waals surface area contributed by atoms with Crippen molar-refractivity contribution in [1.29, 1.82) is 0 Å². The zero-order valence-corrected chi connectivity index (χ0v) is 17.9. The molecule has 4 rings (SSSR count). The Morgan fingerprint density at radius 2 is 1.62 bits per heavy atom. The monoisotopic (exact) mass is 446 g/mol. The zero-order chi connectivity index (χ0) is 22.7. The molecule has 0 unspecified atom stereocenters. The van der Waals surface area contributed by atoms with E-state index in [0.29, 0.717) is 27.1 Å². The summed E-state index contributed by atoms with van der Waals surface area (Å²) in [5.74, 6) is -1.08. The molecule has 0 saturated heterocycles. The molecule has 0 saturated carbocycles. The van der Waals surface area contributed by atoms with E-state index in [4.69, 9.17) is 16.3 Å². The molecule has 2 N–H and O–H groups in total. The molecule has 32 heavy (non-hydrogen) atoms. The predicted octanol–water partition coefficient (Wildman–Crippen LogP) is 4.57. The van der Waals surface area contributed by atoms with Gasteiger partial charge in [0.25, 0.3) is 5.91 Å². The van der Waals surface area contributed by atoms with Gasteiger partial charge in [-0.1, -0.05) is 60.1 Å². The quantitative estimate of drug-likeness (QED) is 0.440. The number of carbonyl (C=O) groups excluding carboxylic acids is 2. The van der Waals surface area contributed by atoms with Crippen molar-refractivity contribution in [2.45, 2.75) is 6.54 Å². The topological polar surface area (TPSA) is 88.3 Å². The number of pyridine rings is 1. The molecule has 7 heteroatoms. The highest BCUT2D eigenvalue weighted by Crippen LogP contribution is 2.33. The summed E-state index contributed by atoms with van der Waals surface area (Å²) < 4.78 is 4.89. The average Bonchev–Trinajstić information content (AvgIpc) is 2.83. The summed E-state index contributed by atoms with van der Waals surface area (Å²) >= 11 is 6.47. The van der Waals surface area contributed by atoms with Gasteiger partial charge in [-0.2, -0.15) is 0 Å². The summed E-state index contributed by atoms with van der Waals surface area (Å²) in [4.78, 5) is 41.4. The van der Waals surface area contributed by atoms with Crippen molar-refractivity contribution >= 4 is 34.4 Å². The van der Waals surface area contributed by atoms with Gasteiger partial charge in [-0.15, -0.1) is 0 Å². The molecular formula is C25H19ClN2O4. The Kier molecular flexibility index (Phi) is 6.05. The van der Waals surface area contributed by atoms with Crippen molar-refractivity contribution in [3.63, 3.8) is 0 Å². The summed E-state index contributed by atoms with van der Waals surface area (Å²) in [5, 5.41) is 3.49. The van der Waals surface area contributed by atoms with Crippen LogP contribution in [0.15, 0.2) is 77.6 Å². The van der Waals surface area contributed by atoms with Gasteiger partial charge < -0.3 is 15.0 Å². The number of halogens is 1. The number of nitrogens with one attached hydrogen (secondary N) is 2. The minimum atomic E-state index is -0.716. The Hall–Kier alpha value is -3.90. The third-order valence-corrected chi connectivity index (χ3v) is 5.45. The second-order valence-corrected chi connectivity index (χ2v) is 7.47. The maximum atomic E-state index is 13.4. The van der Waals surface area contributed by atoms with Gasteiger partial charge >= 0.3 is 5.97 Å². The standard InChI is InChI=1S/C25H19ClN2O4/c1-32-25(31)22-18(14-27-24(30)16-10-6-3-7-11-16)23(29)17-12-13-19(26)20(21(17)28-22)15-8-4-2-5-9-15/h2-13H,14H2,1H3,(H,27,30)(H,28,29). The van der Waals surface area contributed by atoms with Crippen LogP contribution < -0.4 is 10.7 Å². The van der Waals surface area contributed by atoms with Gasteiger partial charge in [0.15, 0.2) is 5.43 Å². The first-order valence-corrected chi connectivity index (χ1v) is 10.2. The van der Waals surface area contributed by atoms with Crippen LogP contribution >= 0.6 is 11.6 Å². The van der Waals surface area contributed by atoms with Gasteiger partial charge in [0.05, 0.1) is 23.2 Å². The van der Waals surface area contributed by atoms with Crippen molar-refractivity contribution in [2.24, 2.45) is 0 Å². The molecule has 0 fully saturated rings. The van der Waals surface area contributed by atoms with Gasteiger partial charge in [-0.05, 0) is 29.8 Å².